The number of carboxylic acid groups (broad SMARTS) is 1. The molecule has 2 aromatic rings. The van der Waals surface area contributed by atoms with Crippen LogP contribution in [0.2, 0.25) is 0 Å². The summed E-state index contributed by atoms with van der Waals surface area (Å²) in [7, 11) is -3.83. The van der Waals surface area contributed by atoms with Crippen molar-refractivity contribution >= 4 is 22.1 Å². The summed E-state index contributed by atoms with van der Waals surface area (Å²) in [6, 6.07) is 14.5. The molecule has 148 valence electrons. The van der Waals surface area contributed by atoms with Crippen LogP contribution in [0, 0.1) is 0 Å². The molecule has 0 bridgehead atoms. The highest BCUT2D eigenvalue weighted by molar-refractivity contribution is 7.89. The topological polar surface area (TPSA) is 104 Å². The summed E-state index contributed by atoms with van der Waals surface area (Å²) in [5.74, 6) is -1.19. The summed E-state index contributed by atoms with van der Waals surface area (Å²) in [4.78, 5) is 24.6. The van der Waals surface area contributed by atoms with Crippen molar-refractivity contribution in [2.24, 2.45) is 0 Å². The van der Waals surface area contributed by atoms with Gasteiger partial charge in [-0.3, -0.25) is 0 Å². The number of rotatable bonds is 5. The molecule has 0 spiro atoms. The number of hydrogen-bond donors (Lipinski definition) is 1. The Hall–Kier alpha value is -2.91. The van der Waals surface area contributed by atoms with Gasteiger partial charge in [0.25, 0.3) is 0 Å². The minimum absolute atomic E-state index is 0.0764. The highest BCUT2D eigenvalue weighted by Crippen LogP contribution is 2.19. The Morgan fingerprint density at radius 3 is 2.29 bits per heavy atom. The van der Waals surface area contributed by atoms with Crippen molar-refractivity contribution in [2.45, 2.75) is 11.5 Å². The van der Waals surface area contributed by atoms with E-state index in [1.807, 2.05) is 30.3 Å². The highest BCUT2D eigenvalue weighted by Gasteiger charge is 2.31. The molecular weight excluding hydrogens is 384 g/mol. The van der Waals surface area contributed by atoms with Crippen LogP contribution in [0.3, 0.4) is 0 Å². The Kier molecular flexibility index (Phi) is 5.96. The number of benzene rings is 2. The van der Waals surface area contributed by atoms with Crippen molar-refractivity contribution in [3.05, 3.63) is 65.7 Å². The first kappa shape index (κ1) is 19.8. The monoisotopic (exact) mass is 404 g/mol. The smallest absolute Gasteiger partial charge is 0.410 e. The van der Waals surface area contributed by atoms with Crippen LogP contribution >= 0.6 is 0 Å². The van der Waals surface area contributed by atoms with Gasteiger partial charge in [0.05, 0.1) is 10.5 Å². The number of sulfonamides is 1. The fraction of sp³-hybridized carbons (Fsp3) is 0.263. The Bertz CT molecular complexity index is 953. The Morgan fingerprint density at radius 1 is 0.964 bits per heavy atom. The zero-order valence-electron chi connectivity index (χ0n) is 15.0. The number of nitrogens with zero attached hydrogens (tertiary/aromatic N) is 2. The molecule has 1 fully saturated rings. The molecule has 9 heteroatoms. The molecule has 0 unspecified atom stereocenters. The van der Waals surface area contributed by atoms with E-state index >= 15 is 0 Å². The summed E-state index contributed by atoms with van der Waals surface area (Å²) in [5.41, 5.74) is 0.777. The lowest BCUT2D eigenvalue weighted by atomic mass is 10.2. The van der Waals surface area contributed by atoms with Gasteiger partial charge in [-0.25, -0.2) is 18.0 Å². The molecule has 1 saturated heterocycles. The largest absolute Gasteiger partial charge is 0.478 e. The highest BCUT2D eigenvalue weighted by atomic mass is 32.2. The van der Waals surface area contributed by atoms with Gasteiger partial charge in [0.2, 0.25) is 10.0 Å². The minimum atomic E-state index is -3.83. The Morgan fingerprint density at radius 2 is 1.64 bits per heavy atom. The van der Waals surface area contributed by atoms with Crippen molar-refractivity contribution in [1.29, 1.82) is 0 Å². The van der Waals surface area contributed by atoms with E-state index in [9.17, 15) is 18.0 Å². The van der Waals surface area contributed by atoms with Crippen LogP contribution in [0.4, 0.5) is 4.79 Å². The summed E-state index contributed by atoms with van der Waals surface area (Å²) >= 11 is 0. The zero-order valence-corrected chi connectivity index (χ0v) is 15.8. The van der Waals surface area contributed by atoms with E-state index in [1.54, 1.807) is 0 Å². The van der Waals surface area contributed by atoms with Crippen LogP contribution in [0.25, 0.3) is 0 Å². The van der Waals surface area contributed by atoms with Gasteiger partial charge < -0.3 is 14.7 Å². The second-order valence-corrected chi connectivity index (χ2v) is 8.20. The molecule has 0 aromatic heterocycles. The fourth-order valence-electron chi connectivity index (χ4n) is 2.86. The summed E-state index contributed by atoms with van der Waals surface area (Å²) in [6.07, 6.45) is -0.492. The fourth-order valence-corrected chi connectivity index (χ4v) is 4.33. The summed E-state index contributed by atoms with van der Waals surface area (Å²) in [6.45, 7) is 0.775. The van der Waals surface area contributed by atoms with Crippen LogP contribution < -0.4 is 0 Å². The molecule has 2 aromatic carbocycles. The molecule has 3 rings (SSSR count). The maximum absolute atomic E-state index is 12.7. The standard InChI is InChI=1S/C19H20N2O6S/c22-18(23)16-7-4-8-17(13-16)28(25,26)21-11-9-20(10-12-21)19(24)27-14-15-5-2-1-3-6-15/h1-8,13H,9-12,14H2,(H,22,23). The number of carbonyl (C=O) groups excluding carboxylic acids is 1. The van der Waals surface area contributed by atoms with Gasteiger partial charge in [0.15, 0.2) is 0 Å². The molecule has 1 aliphatic heterocycles. The number of hydrogen-bond acceptors (Lipinski definition) is 5. The molecule has 1 aliphatic rings. The lowest BCUT2D eigenvalue weighted by Gasteiger charge is -2.33. The average molecular weight is 404 g/mol. The van der Waals surface area contributed by atoms with E-state index in [0.717, 1.165) is 11.6 Å². The van der Waals surface area contributed by atoms with Crippen molar-refractivity contribution in [3.8, 4) is 0 Å². The van der Waals surface area contributed by atoms with E-state index in [4.69, 9.17) is 9.84 Å². The number of ether oxygens (including phenoxy) is 1. The molecule has 1 heterocycles. The van der Waals surface area contributed by atoms with Crippen LogP contribution in [-0.2, 0) is 21.4 Å². The molecule has 0 saturated carbocycles. The third kappa shape index (κ3) is 4.49. The third-order valence-corrected chi connectivity index (χ3v) is 6.32. The van der Waals surface area contributed by atoms with Gasteiger partial charge in [-0.15, -0.1) is 0 Å². The molecule has 8 nitrogen and oxygen atoms in total. The SMILES string of the molecule is O=C(O)c1cccc(S(=O)(=O)N2CCN(C(=O)OCc3ccccc3)CC2)c1. The number of aromatic carboxylic acids is 1. The first-order valence-corrected chi connectivity index (χ1v) is 10.1. The average Bonchev–Trinajstić information content (AvgIpc) is 2.73. The lowest BCUT2D eigenvalue weighted by molar-refractivity contribution is 0.0696. The lowest BCUT2D eigenvalue weighted by Crippen LogP contribution is -2.50. The molecule has 1 N–H and O–H groups in total. The zero-order chi connectivity index (χ0) is 20.1. The second-order valence-electron chi connectivity index (χ2n) is 6.26. The van der Waals surface area contributed by atoms with Crippen molar-refractivity contribution in [2.75, 3.05) is 26.2 Å². The number of piperazine rings is 1. The maximum atomic E-state index is 12.7. The van der Waals surface area contributed by atoms with Gasteiger partial charge in [-0.05, 0) is 23.8 Å². The Balaban J connectivity index is 1.59. The molecular formula is C19H20N2O6S. The number of carboxylic acids is 1. The molecule has 0 atom stereocenters. The van der Waals surface area contributed by atoms with Crippen LogP contribution in [-0.4, -0.2) is 61.0 Å². The van der Waals surface area contributed by atoms with Gasteiger partial charge in [0.1, 0.15) is 6.61 Å². The van der Waals surface area contributed by atoms with Gasteiger partial charge in [-0.2, -0.15) is 4.31 Å². The minimum Gasteiger partial charge on any atom is -0.478 e. The summed E-state index contributed by atoms with van der Waals surface area (Å²) in [5, 5.41) is 9.05. The van der Waals surface area contributed by atoms with Gasteiger partial charge >= 0.3 is 12.1 Å². The first-order chi connectivity index (χ1) is 13.4. The van der Waals surface area contributed by atoms with Crippen molar-refractivity contribution in [1.82, 2.24) is 9.21 Å². The van der Waals surface area contributed by atoms with Crippen molar-refractivity contribution < 1.29 is 27.9 Å². The van der Waals surface area contributed by atoms with Gasteiger partial charge in [0, 0.05) is 26.2 Å². The van der Waals surface area contributed by atoms with E-state index in [0.29, 0.717) is 0 Å². The van der Waals surface area contributed by atoms with E-state index in [-0.39, 0.29) is 43.2 Å². The van der Waals surface area contributed by atoms with Crippen LogP contribution in [0.1, 0.15) is 15.9 Å². The van der Waals surface area contributed by atoms with E-state index in [1.165, 1.54) is 27.4 Å². The quantitative estimate of drug-likeness (QED) is 0.818. The molecule has 28 heavy (non-hydrogen) atoms. The van der Waals surface area contributed by atoms with Gasteiger partial charge in [-0.1, -0.05) is 36.4 Å². The predicted octanol–water partition coefficient (Wildman–Crippen LogP) is 2.03. The normalized spacial score (nSPS) is 15.2. The second kappa shape index (κ2) is 8.41. The summed E-state index contributed by atoms with van der Waals surface area (Å²) < 4.78 is 32.0. The predicted molar refractivity (Wildman–Crippen MR) is 100 cm³/mol. The molecule has 1 amide bonds. The van der Waals surface area contributed by atoms with Crippen LogP contribution in [0.5, 0.6) is 0 Å². The molecule has 0 radical (unpaired) electrons. The van der Waals surface area contributed by atoms with Crippen LogP contribution in [0.15, 0.2) is 59.5 Å². The Labute approximate surface area is 163 Å². The third-order valence-electron chi connectivity index (χ3n) is 4.42. The first-order valence-electron chi connectivity index (χ1n) is 8.67. The van der Waals surface area contributed by atoms with E-state index < -0.39 is 22.1 Å². The number of carbonyl (C=O) groups is 2. The number of amides is 1. The van der Waals surface area contributed by atoms with E-state index in [2.05, 4.69) is 0 Å². The van der Waals surface area contributed by atoms with Crippen molar-refractivity contribution in [3.63, 3.8) is 0 Å². The maximum Gasteiger partial charge on any atom is 0.410 e. The molecule has 0 aliphatic carbocycles.